The van der Waals surface area contributed by atoms with Crippen LogP contribution in [0.1, 0.15) is 17.6 Å². The molecule has 3 aromatic rings. The summed E-state index contributed by atoms with van der Waals surface area (Å²) < 4.78 is 1.03. The maximum Gasteiger partial charge on any atom is 0.260 e. The minimum absolute atomic E-state index is 0.0465. The van der Waals surface area contributed by atoms with Gasteiger partial charge in [0.25, 0.3) is 5.56 Å². The molecule has 2 aromatic heterocycles. The van der Waals surface area contributed by atoms with Crippen molar-refractivity contribution in [3.8, 4) is 11.1 Å². The third kappa shape index (κ3) is 2.92. The summed E-state index contributed by atoms with van der Waals surface area (Å²) in [5, 5.41) is 1.50. The number of hydrogen-bond donors (Lipinski definition) is 1. The van der Waals surface area contributed by atoms with Crippen LogP contribution in [0.4, 0.5) is 0 Å². The van der Waals surface area contributed by atoms with Gasteiger partial charge in [-0.05, 0) is 24.1 Å². The molecule has 3 nitrogen and oxygen atoms in total. The van der Waals surface area contributed by atoms with Gasteiger partial charge in [0.05, 0.1) is 5.39 Å². The van der Waals surface area contributed by atoms with Crippen molar-refractivity contribution < 1.29 is 0 Å². The SMILES string of the molecule is CCc1sc2nc(CCBr)[nH]c(=O)c2c1-c1ccc(Br)cc1. The molecule has 1 aromatic carbocycles. The molecular weight excluding hydrogens is 428 g/mol. The lowest BCUT2D eigenvalue weighted by Gasteiger charge is -2.04. The molecule has 0 bridgehead atoms. The van der Waals surface area contributed by atoms with Crippen LogP contribution in [0.25, 0.3) is 21.3 Å². The highest BCUT2D eigenvalue weighted by Crippen LogP contribution is 2.36. The van der Waals surface area contributed by atoms with Gasteiger partial charge in [-0.25, -0.2) is 4.98 Å². The van der Waals surface area contributed by atoms with Crippen LogP contribution in [0.15, 0.2) is 33.5 Å². The molecule has 0 aliphatic carbocycles. The number of nitrogens with zero attached hydrogens (tertiary/aromatic N) is 1. The minimum atomic E-state index is -0.0465. The highest BCUT2D eigenvalue weighted by Gasteiger charge is 2.17. The van der Waals surface area contributed by atoms with Gasteiger partial charge in [0, 0.05) is 26.7 Å². The summed E-state index contributed by atoms with van der Waals surface area (Å²) in [7, 11) is 0. The van der Waals surface area contributed by atoms with Gasteiger partial charge >= 0.3 is 0 Å². The van der Waals surface area contributed by atoms with Gasteiger partial charge in [-0.1, -0.05) is 50.9 Å². The van der Waals surface area contributed by atoms with Gasteiger partial charge in [0.15, 0.2) is 0 Å². The summed E-state index contributed by atoms with van der Waals surface area (Å²) in [4.78, 5) is 22.1. The van der Waals surface area contributed by atoms with Crippen molar-refractivity contribution in [3.05, 3.63) is 49.8 Å². The van der Waals surface area contributed by atoms with Crippen LogP contribution < -0.4 is 5.56 Å². The maximum atomic E-state index is 12.6. The molecule has 3 rings (SSSR count). The van der Waals surface area contributed by atoms with Crippen LogP contribution in [0.5, 0.6) is 0 Å². The first-order chi connectivity index (χ1) is 10.6. The van der Waals surface area contributed by atoms with Crippen molar-refractivity contribution in [2.45, 2.75) is 19.8 Å². The smallest absolute Gasteiger partial charge is 0.260 e. The second-order valence-corrected chi connectivity index (χ2v) is 7.68. The number of halogens is 2. The Kier molecular flexibility index (Phi) is 4.80. The normalized spacial score (nSPS) is 11.2. The molecule has 1 N–H and O–H groups in total. The quantitative estimate of drug-likeness (QED) is 0.584. The number of H-pyrrole nitrogens is 1. The molecule has 0 unspecified atom stereocenters. The summed E-state index contributed by atoms with van der Waals surface area (Å²) in [6, 6.07) is 8.07. The van der Waals surface area contributed by atoms with Crippen LogP contribution >= 0.6 is 43.2 Å². The first-order valence-corrected chi connectivity index (χ1v) is 9.73. The minimum Gasteiger partial charge on any atom is -0.310 e. The van der Waals surface area contributed by atoms with Crippen molar-refractivity contribution in [2.75, 3.05) is 5.33 Å². The Morgan fingerprint density at radius 2 is 2.00 bits per heavy atom. The Morgan fingerprint density at radius 3 is 2.64 bits per heavy atom. The fourth-order valence-electron chi connectivity index (χ4n) is 2.48. The maximum absolute atomic E-state index is 12.6. The number of aromatic amines is 1. The van der Waals surface area contributed by atoms with Crippen molar-refractivity contribution in [1.82, 2.24) is 9.97 Å². The van der Waals surface area contributed by atoms with Gasteiger partial charge in [0.1, 0.15) is 10.7 Å². The van der Waals surface area contributed by atoms with Crippen molar-refractivity contribution in [1.29, 1.82) is 0 Å². The Morgan fingerprint density at radius 1 is 1.27 bits per heavy atom. The summed E-state index contributed by atoms with van der Waals surface area (Å²) in [6.07, 6.45) is 1.61. The number of nitrogens with one attached hydrogen (secondary N) is 1. The number of fused-ring (bicyclic) bond motifs is 1. The highest BCUT2D eigenvalue weighted by molar-refractivity contribution is 9.10. The van der Waals surface area contributed by atoms with E-state index < -0.39 is 0 Å². The fourth-order valence-corrected chi connectivity index (χ4v) is 4.27. The fraction of sp³-hybridized carbons (Fsp3) is 0.250. The lowest BCUT2D eigenvalue weighted by molar-refractivity contribution is 0.960. The number of aromatic nitrogens is 2. The number of aryl methyl sites for hydroxylation is 2. The first-order valence-electron chi connectivity index (χ1n) is 7.00. The van der Waals surface area contributed by atoms with Crippen LogP contribution in [0.3, 0.4) is 0 Å². The number of rotatable bonds is 4. The van der Waals surface area contributed by atoms with Gasteiger partial charge in [-0.2, -0.15) is 0 Å². The summed E-state index contributed by atoms with van der Waals surface area (Å²) in [6.45, 7) is 2.11. The Labute approximate surface area is 149 Å². The zero-order valence-corrected chi connectivity index (χ0v) is 15.9. The average molecular weight is 442 g/mol. The number of thiophene rings is 1. The average Bonchev–Trinajstić information content (AvgIpc) is 2.87. The van der Waals surface area contributed by atoms with Crippen molar-refractivity contribution in [3.63, 3.8) is 0 Å². The van der Waals surface area contributed by atoms with Crippen molar-refractivity contribution >= 4 is 53.4 Å². The molecule has 114 valence electrons. The molecule has 0 saturated heterocycles. The summed E-state index contributed by atoms with van der Waals surface area (Å²) in [5.74, 6) is 0.737. The molecule has 0 aliphatic heterocycles. The Bertz CT molecular complexity index is 868. The Hall–Kier alpha value is -0.980. The number of benzene rings is 1. The van der Waals surface area contributed by atoms with E-state index in [0.29, 0.717) is 5.39 Å². The number of alkyl halides is 1. The first kappa shape index (κ1) is 15.9. The lowest BCUT2D eigenvalue weighted by Crippen LogP contribution is -2.11. The van der Waals surface area contributed by atoms with Gasteiger partial charge in [-0.3, -0.25) is 4.79 Å². The second-order valence-electron chi connectivity index (χ2n) is 4.89. The third-order valence-corrected chi connectivity index (χ3v) is 5.62. The standard InChI is InChI=1S/C16H14Br2N2OS/c1-2-11-13(9-3-5-10(18)6-4-9)14-15(21)19-12(7-8-17)20-16(14)22-11/h3-6H,2,7-8H2,1H3,(H,19,20,21). The molecule has 6 heteroatoms. The van der Waals surface area contributed by atoms with E-state index in [1.54, 1.807) is 11.3 Å². The van der Waals surface area contributed by atoms with E-state index in [2.05, 4.69) is 48.8 Å². The van der Waals surface area contributed by atoms with Gasteiger partial charge in [0.2, 0.25) is 0 Å². The van der Waals surface area contributed by atoms with E-state index in [1.165, 1.54) is 4.88 Å². The zero-order chi connectivity index (χ0) is 15.7. The Balaban J connectivity index is 2.28. The molecule has 22 heavy (non-hydrogen) atoms. The van der Waals surface area contributed by atoms with Crippen LogP contribution in [0.2, 0.25) is 0 Å². The van der Waals surface area contributed by atoms with E-state index in [1.807, 2.05) is 24.3 Å². The molecule has 0 atom stereocenters. The zero-order valence-electron chi connectivity index (χ0n) is 12.0. The van der Waals surface area contributed by atoms with Crippen LogP contribution in [-0.2, 0) is 12.8 Å². The molecule has 0 radical (unpaired) electrons. The second kappa shape index (κ2) is 6.64. The monoisotopic (exact) mass is 440 g/mol. The van der Waals surface area contributed by atoms with E-state index in [4.69, 9.17) is 0 Å². The van der Waals surface area contributed by atoms with Gasteiger partial charge < -0.3 is 4.98 Å². The summed E-state index contributed by atoms with van der Waals surface area (Å²) >= 11 is 8.46. The van der Waals surface area contributed by atoms with E-state index >= 15 is 0 Å². The van der Waals surface area contributed by atoms with Gasteiger partial charge in [-0.15, -0.1) is 11.3 Å². The predicted molar refractivity (Wildman–Crippen MR) is 100 cm³/mol. The van der Waals surface area contributed by atoms with Crippen LogP contribution in [0, 0.1) is 0 Å². The molecule has 2 heterocycles. The van der Waals surface area contributed by atoms with E-state index in [9.17, 15) is 4.79 Å². The van der Waals surface area contributed by atoms with Crippen LogP contribution in [-0.4, -0.2) is 15.3 Å². The van der Waals surface area contributed by atoms with E-state index in [0.717, 1.165) is 44.4 Å². The number of hydrogen-bond acceptors (Lipinski definition) is 3. The lowest BCUT2D eigenvalue weighted by atomic mass is 10.0. The summed E-state index contributed by atoms with van der Waals surface area (Å²) in [5.41, 5.74) is 2.04. The highest BCUT2D eigenvalue weighted by atomic mass is 79.9. The molecule has 0 aliphatic rings. The predicted octanol–water partition coefficient (Wildman–Crippen LogP) is 4.91. The molecular formula is C16H14Br2N2OS. The largest absolute Gasteiger partial charge is 0.310 e. The molecule has 0 fully saturated rings. The molecule has 0 spiro atoms. The van der Waals surface area contributed by atoms with Crippen molar-refractivity contribution in [2.24, 2.45) is 0 Å². The topological polar surface area (TPSA) is 45.8 Å². The molecule has 0 amide bonds. The molecule has 0 saturated carbocycles. The van der Waals surface area contributed by atoms with E-state index in [-0.39, 0.29) is 5.56 Å². The third-order valence-electron chi connectivity index (χ3n) is 3.47.